The topological polar surface area (TPSA) is 56.5 Å². The number of hydrogen-bond acceptors (Lipinski definition) is 4. The van der Waals surface area contributed by atoms with E-state index in [1.165, 1.54) is 20.3 Å². The molecule has 0 aliphatic carbocycles. The van der Waals surface area contributed by atoms with Gasteiger partial charge in [0.2, 0.25) is 0 Å². The summed E-state index contributed by atoms with van der Waals surface area (Å²) in [4.78, 5) is 0. The van der Waals surface area contributed by atoms with Crippen molar-refractivity contribution in [3.63, 3.8) is 0 Å². The van der Waals surface area contributed by atoms with Crippen molar-refractivity contribution < 1.29 is 13.9 Å². The van der Waals surface area contributed by atoms with Gasteiger partial charge in [0, 0.05) is 11.6 Å². The van der Waals surface area contributed by atoms with Crippen molar-refractivity contribution in [3.8, 4) is 11.5 Å². The molecule has 4 nitrogen and oxygen atoms in total. The maximum atomic E-state index is 14.2. The van der Waals surface area contributed by atoms with Crippen LogP contribution >= 0.6 is 11.6 Å². The van der Waals surface area contributed by atoms with Crippen molar-refractivity contribution in [2.24, 2.45) is 5.84 Å². The van der Waals surface area contributed by atoms with Crippen molar-refractivity contribution in [2.75, 3.05) is 14.2 Å². The Labute approximate surface area is 127 Å². The van der Waals surface area contributed by atoms with Crippen LogP contribution in [0.5, 0.6) is 11.5 Å². The van der Waals surface area contributed by atoms with Crippen LogP contribution in [0.1, 0.15) is 17.2 Å². The summed E-state index contributed by atoms with van der Waals surface area (Å²) in [5.41, 5.74) is 3.75. The maximum absolute atomic E-state index is 14.2. The first kappa shape index (κ1) is 15.6. The number of hydrazine groups is 1. The lowest BCUT2D eigenvalue weighted by molar-refractivity contribution is 0.409. The summed E-state index contributed by atoms with van der Waals surface area (Å²) in [5.74, 6) is 6.12. The lowest BCUT2D eigenvalue weighted by atomic mass is 9.98. The average molecular weight is 311 g/mol. The van der Waals surface area contributed by atoms with Gasteiger partial charge in [-0.1, -0.05) is 23.7 Å². The lowest BCUT2D eigenvalue weighted by Crippen LogP contribution is -2.29. The molecule has 2 aromatic carbocycles. The van der Waals surface area contributed by atoms with Gasteiger partial charge in [-0.3, -0.25) is 5.84 Å². The van der Waals surface area contributed by atoms with E-state index >= 15 is 0 Å². The van der Waals surface area contributed by atoms with E-state index in [0.717, 1.165) is 5.56 Å². The number of ether oxygens (including phenoxy) is 2. The third-order valence-corrected chi connectivity index (χ3v) is 3.51. The molecule has 21 heavy (non-hydrogen) atoms. The van der Waals surface area contributed by atoms with Crippen LogP contribution in [0, 0.1) is 5.82 Å². The van der Waals surface area contributed by atoms with E-state index in [9.17, 15) is 4.39 Å². The van der Waals surface area contributed by atoms with Crippen LogP contribution in [0.4, 0.5) is 4.39 Å². The Balaban J connectivity index is 2.44. The molecule has 0 aliphatic rings. The zero-order valence-electron chi connectivity index (χ0n) is 11.7. The van der Waals surface area contributed by atoms with Crippen molar-refractivity contribution in [1.82, 2.24) is 5.43 Å². The summed E-state index contributed by atoms with van der Waals surface area (Å²) in [5, 5.41) is 0.479. The first-order chi connectivity index (χ1) is 10.1. The molecule has 2 rings (SSSR count). The lowest BCUT2D eigenvalue weighted by Gasteiger charge is -2.19. The molecular formula is C15H16ClFN2O2. The molecule has 3 N–H and O–H groups in total. The predicted octanol–water partition coefficient (Wildman–Crippen LogP) is 3.05. The summed E-state index contributed by atoms with van der Waals surface area (Å²) in [6.07, 6.45) is 0. The van der Waals surface area contributed by atoms with E-state index in [0.29, 0.717) is 22.1 Å². The second kappa shape index (κ2) is 6.76. The van der Waals surface area contributed by atoms with Crippen LogP contribution in [0.3, 0.4) is 0 Å². The number of rotatable bonds is 5. The van der Waals surface area contributed by atoms with Crippen LogP contribution < -0.4 is 20.7 Å². The molecule has 0 amide bonds. The van der Waals surface area contributed by atoms with Crippen molar-refractivity contribution >= 4 is 11.6 Å². The second-order valence-electron chi connectivity index (χ2n) is 4.38. The Hall–Kier alpha value is -1.82. The minimum absolute atomic E-state index is 0.405. The summed E-state index contributed by atoms with van der Waals surface area (Å²) in [6.45, 7) is 0. The van der Waals surface area contributed by atoms with E-state index < -0.39 is 11.9 Å². The van der Waals surface area contributed by atoms with E-state index in [2.05, 4.69) is 5.43 Å². The Morgan fingerprint density at radius 1 is 1.14 bits per heavy atom. The zero-order valence-corrected chi connectivity index (χ0v) is 12.4. The molecule has 0 aliphatic heterocycles. The Kier molecular flexibility index (Phi) is 5.01. The molecule has 0 saturated carbocycles. The molecule has 0 heterocycles. The molecular weight excluding hydrogens is 295 g/mol. The fourth-order valence-corrected chi connectivity index (χ4v) is 2.29. The molecule has 0 saturated heterocycles. The monoisotopic (exact) mass is 310 g/mol. The van der Waals surface area contributed by atoms with Crippen LogP contribution in [0.2, 0.25) is 5.02 Å². The predicted molar refractivity (Wildman–Crippen MR) is 80.1 cm³/mol. The fraction of sp³-hybridized carbons (Fsp3) is 0.200. The SMILES string of the molecule is COc1ccc(C(NN)c2ccc(Cl)c(OC)c2)c(F)c1. The molecule has 0 spiro atoms. The molecule has 112 valence electrons. The van der Waals surface area contributed by atoms with Gasteiger partial charge in [-0.25, -0.2) is 9.82 Å². The number of methoxy groups -OCH3 is 2. The fourth-order valence-electron chi connectivity index (χ4n) is 2.09. The van der Waals surface area contributed by atoms with Crippen LogP contribution in [0.15, 0.2) is 36.4 Å². The second-order valence-corrected chi connectivity index (χ2v) is 4.79. The van der Waals surface area contributed by atoms with Gasteiger partial charge >= 0.3 is 0 Å². The quantitative estimate of drug-likeness (QED) is 0.658. The van der Waals surface area contributed by atoms with Crippen molar-refractivity contribution in [2.45, 2.75) is 6.04 Å². The molecule has 1 unspecified atom stereocenters. The van der Waals surface area contributed by atoms with Gasteiger partial charge in [-0.15, -0.1) is 0 Å². The number of halogens is 2. The highest BCUT2D eigenvalue weighted by Gasteiger charge is 2.18. The third kappa shape index (κ3) is 3.26. The summed E-state index contributed by atoms with van der Waals surface area (Å²) in [7, 11) is 3.00. The maximum Gasteiger partial charge on any atom is 0.137 e. The molecule has 0 aromatic heterocycles. The minimum atomic E-state index is -0.526. The van der Waals surface area contributed by atoms with Gasteiger partial charge in [-0.05, 0) is 23.8 Å². The van der Waals surface area contributed by atoms with E-state index in [1.54, 1.807) is 30.3 Å². The highest BCUT2D eigenvalue weighted by atomic mass is 35.5. The number of hydrogen-bond donors (Lipinski definition) is 2. The standard InChI is InChI=1S/C15H16ClFN2O2/c1-20-10-4-5-11(13(17)8-10)15(19-18)9-3-6-12(16)14(7-9)21-2/h3-8,15,19H,18H2,1-2H3. The van der Waals surface area contributed by atoms with Gasteiger partial charge < -0.3 is 9.47 Å². The smallest absolute Gasteiger partial charge is 0.137 e. The normalized spacial score (nSPS) is 12.0. The van der Waals surface area contributed by atoms with E-state index in [-0.39, 0.29) is 0 Å². The third-order valence-electron chi connectivity index (χ3n) is 3.19. The first-order valence-electron chi connectivity index (χ1n) is 6.23. The highest BCUT2D eigenvalue weighted by molar-refractivity contribution is 6.32. The number of nitrogens with two attached hydrogens (primary N) is 1. The number of nitrogens with one attached hydrogen (secondary N) is 1. The van der Waals surface area contributed by atoms with Crippen LogP contribution in [-0.2, 0) is 0 Å². The molecule has 0 bridgehead atoms. The largest absolute Gasteiger partial charge is 0.497 e. The average Bonchev–Trinajstić information content (AvgIpc) is 2.50. The zero-order chi connectivity index (χ0) is 15.4. The van der Waals surface area contributed by atoms with Crippen LogP contribution in [0.25, 0.3) is 0 Å². The summed E-state index contributed by atoms with van der Waals surface area (Å²) >= 11 is 5.99. The molecule has 1 atom stereocenters. The summed E-state index contributed by atoms with van der Waals surface area (Å²) < 4.78 is 24.3. The van der Waals surface area contributed by atoms with Gasteiger partial charge in [0.05, 0.1) is 25.3 Å². The van der Waals surface area contributed by atoms with E-state index in [1.807, 2.05) is 0 Å². The molecule has 6 heteroatoms. The Bertz CT molecular complexity index is 637. The van der Waals surface area contributed by atoms with Crippen molar-refractivity contribution in [3.05, 3.63) is 58.4 Å². The minimum Gasteiger partial charge on any atom is -0.497 e. The highest BCUT2D eigenvalue weighted by Crippen LogP contribution is 2.32. The summed E-state index contributed by atoms with van der Waals surface area (Å²) in [6, 6.07) is 9.25. The molecule has 0 fully saturated rings. The number of benzene rings is 2. The van der Waals surface area contributed by atoms with Gasteiger partial charge in [0.25, 0.3) is 0 Å². The van der Waals surface area contributed by atoms with E-state index in [4.69, 9.17) is 26.9 Å². The molecule has 0 radical (unpaired) electrons. The first-order valence-corrected chi connectivity index (χ1v) is 6.61. The molecule has 2 aromatic rings. The van der Waals surface area contributed by atoms with Crippen molar-refractivity contribution in [1.29, 1.82) is 0 Å². The Morgan fingerprint density at radius 3 is 2.48 bits per heavy atom. The Morgan fingerprint density at radius 2 is 1.90 bits per heavy atom. The van der Waals surface area contributed by atoms with Gasteiger partial charge in [0.1, 0.15) is 17.3 Å². The van der Waals surface area contributed by atoms with Crippen LogP contribution in [-0.4, -0.2) is 14.2 Å². The van der Waals surface area contributed by atoms with Gasteiger partial charge in [0.15, 0.2) is 0 Å². The van der Waals surface area contributed by atoms with Gasteiger partial charge in [-0.2, -0.15) is 0 Å².